The molecule has 0 radical (unpaired) electrons. The van der Waals surface area contributed by atoms with Gasteiger partial charge in [0.05, 0.1) is 11.7 Å². The first kappa shape index (κ1) is 21.9. The fourth-order valence-corrected chi connectivity index (χ4v) is 11.9. The summed E-state index contributed by atoms with van der Waals surface area (Å²) in [6, 6.07) is 11.1. The second kappa shape index (κ2) is 6.71. The van der Waals surface area contributed by atoms with Crippen LogP contribution in [0.1, 0.15) is 77.2 Å². The van der Waals surface area contributed by atoms with E-state index in [1.807, 2.05) is 6.08 Å². The van der Waals surface area contributed by atoms with Crippen LogP contribution in [0.25, 0.3) is 0 Å². The predicted molar refractivity (Wildman–Crippen MR) is 133 cm³/mol. The number of hydrogen-bond acceptors (Lipinski definition) is 3. The van der Waals surface area contributed by atoms with Crippen molar-refractivity contribution in [2.24, 2.45) is 45.3 Å². The summed E-state index contributed by atoms with van der Waals surface area (Å²) < 4.78 is 5.84. The molecule has 7 rings (SSSR count). The minimum atomic E-state index is -0.972. The molecule has 10 atom stereocenters. The van der Waals surface area contributed by atoms with Crippen LogP contribution >= 0.6 is 0 Å². The zero-order chi connectivity index (χ0) is 23.6. The molecule has 3 nitrogen and oxygen atoms in total. The van der Waals surface area contributed by atoms with Gasteiger partial charge < -0.3 is 14.9 Å². The van der Waals surface area contributed by atoms with Gasteiger partial charge in [-0.25, -0.2) is 0 Å². The quantitative estimate of drug-likeness (QED) is 0.542. The van der Waals surface area contributed by atoms with E-state index in [0.717, 1.165) is 12.3 Å². The number of ether oxygens (including phenoxy) is 1. The number of hydrogen-bond donors (Lipinski definition) is 2. The van der Waals surface area contributed by atoms with Crippen LogP contribution in [0.15, 0.2) is 42.2 Å². The summed E-state index contributed by atoms with van der Waals surface area (Å²) in [5, 5.41) is 23.5. The zero-order valence-corrected chi connectivity index (χ0v) is 21.2. The molecule has 0 amide bonds. The molecule has 2 N–H and O–H groups in total. The zero-order valence-electron chi connectivity index (χ0n) is 21.2. The van der Waals surface area contributed by atoms with Crippen LogP contribution in [0, 0.1) is 45.3 Å². The normalized spacial score (nSPS) is 54.8. The van der Waals surface area contributed by atoms with Gasteiger partial charge in [-0.3, -0.25) is 0 Å². The molecule has 0 aliphatic heterocycles. The molecule has 34 heavy (non-hydrogen) atoms. The maximum absolute atomic E-state index is 12.4. The Morgan fingerprint density at radius 2 is 1.79 bits per heavy atom. The number of methoxy groups -OCH3 is 1. The number of aliphatic hydroxyl groups excluding tert-OH is 1. The summed E-state index contributed by atoms with van der Waals surface area (Å²) in [6.07, 6.45) is 14.5. The topological polar surface area (TPSA) is 49.7 Å². The van der Waals surface area contributed by atoms with Crippen LogP contribution in [0.4, 0.5) is 0 Å². The van der Waals surface area contributed by atoms with E-state index in [1.165, 1.54) is 63.4 Å². The Balaban J connectivity index is 1.22. The predicted octanol–water partition coefficient (Wildman–Crippen LogP) is 6.46. The molecule has 5 fully saturated rings. The number of rotatable bonds is 3. The highest BCUT2D eigenvalue weighted by Gasteiger charge is 2.86. The van der Waals surface area contributed by atoms with Crippen LogP contribution in [0.3, 0.4) is 0 Å². The number of aliphatic hydroxyl groups is 2. The van der Waals surface area contributed by atoms with Gasteiger partial charge in [0, 0.05) is 12.5 Å². The van der Waals surface area contributed by atoms with E-state index in [0.29, 0.717) is 28.4 Å². The van der Waals surface area contributed by atoms with Gasteiger partial charge in [0.1, 0.15) is 11.7 Å². The Morgan fingerprint density at radius 1 is 1.00 bits per heavy atom. The summed E-state index contributed by atoms with van der Waals surface area (Å²) in [5.74, 6) is 2.08. The van der Waals surface area contributed by atoms with Gasteiger partial charge in [-0.05, 0) is 110 Å². The molecule has 4 bridgehead atoms. The van der Waals surface area contributed by atoms with Gasteiger partial charge in [0.2, 0.25) is 0 Å². The summed E-state index contributed by atoms with van der Waals surface area (Å²) in [7, 11) is 1.70. The molecule has 2 spiro atoms. The van der Waals surface area contributed by atoms with Gasteiger partial charge in [0.15, 0.2) is 0 Å². The Bertz CT molecular complexity index is 1030. The molecule has 1 aromatic carbocycles. The minimum Gasteiger partial charge on any atom is -0.512 e. The highest BCUT2D eigenvalue weighted by molar-refractivity contribution is 5.41. The first-order valence-corrected chi connectivity index (χ1v) is 13.9. The standard InChI is InChI=1S/C31H42O3/c1-27-18-22-10-12-30(28(27,2)25(22)26-23(32)16-24(34-3)31(26,27)33)14-13-29(19-30)11-9-21(17-29)15-20-7-5-4-6-8-20/h4-8,16,21-22,24-26,32-33H,9-15,17-19H2,1-3H3. The van der Waals surface area contributed by atoms with E-state index in [9.17, 15) is 10.2 Å². The highest BCUT2D eigenvalue weighted by atomic mass is 16.5. The molecule has 1 aromatic rings. The Morgan fingerprint density at radius 3 is 2.56 bits per heavy atom. The first-order valence-electron chi connectivity index (χ1n) is 13.9. The lowest BCUT2D eigenvalue weighted by Crippen LogP contribution is -2.59. The van der Waals surface area contributed by atoms with Gasteiger partial charge in [0.25, 0.3) is 0 Å². The second-order valence-corrected chi connectivity index (χ2v) is 13.9. The molecule has 0 saturated heterocycles. The minimum absolute atomic E-state index is 0.0579. The van der Waals surface area contributed by atoms with Crippen molar-refractivity contribution >= 4 is 0 Å². The molecule has 0 aromatic heterocycles. The lowest BCUT2D eigenvalue weighted by atomic mass is 9.48. The van der Waals surface area contributed by atoms with Crippen molar-refractivity contribution in [1.29, 1.82) is 0 Å². The third-order valence-electron chi connectivity index (χ3n) is 13.2. The first-order chi connectivity index (χ1) is 16.2. The number of fused-ring (bicyclic) bond motifs is 2. The largest absolute Gasteiger partial charge is 0.512 e. The van der Waals surface area contributed by atoms with Crippen molar-refractivity contribution in [3.8, 4) is 0 Å². The average Bonchev–Trinajstić information content (AvgIpc) is 3.54. The van der Waals surface area contributed by atoms with E-state index in [1.54, 1.807) is 7.11 Å². The molecule has 6 aliphatic carbocycles. The maximum atomic E-state index is 12.4. The van der Waals surface area contributed by atoms with Crippen molar-refractivity contribution < 1.29 is 14.9 Å². The van der Waals surface area contributed by atoms with Crippen molar-refractivity contribution in [2.45, 2.75) is 89.8 Å². The molecule has 184 valence electrons. The molecule has 6 aliphatic rings. The molecule has 0 heterocycles. The lowest BCUT2D eigenvalue weighted by molar-refractivity contribution is -0.181. The van der Waals surface area contributed by atoms with Crippen LogP contribution in [-0.2, 0) is 11.2 Å². The van der Waals surface area contributed by atoms with Gasteiger partial charge in [-0.1, -0.05) is 44.2 Å². The second-order valence-electron chi connectivity index (χ2n) is 13.9. The van der Waals surface area contributed by atoms with Gasteiger partial charge in [-0.2, -0.15) is 0 Å². The molecular weight excluding hydrogens is 420 g/mol. The van der Waals surface area contributed by atoms with Crippen LogP contribution in [0.5, 0.6) is 0 Å². The van der Waals surface area contributed by atoms with E-state index in [4.69, 9.17) is 4.74 Å². The van der Waals surface area contributed by atoms with E-state index in [2.05, 4.69) is 44.2 Å². The van der Waals surface area contributed by atoms with Crippen LogP contribution in [-0.4, -0.2) is 29.0 Å². The monoisotopic (exact) mass is 462 g/mol. The third kappa shape index (κ3) is 2.29. The van der Waals surface area contributed by atoms with Crippen molar-refractivity contribution in [1.82, 2.24) is 0 Å². The van der Waals surface area contributed by atoms with E-state index in [-0.39, 0.29) is 22.9 Å². The summed E-state index contributed by atoms with van der Waals surface area (Å²) >= 11 is 0. The average molecular weight is 463 g/mol. The Kier molecular flexibility index (Phi) is 4.32. The number of benzene rings is 1. The van der Waals surface area contributed by atoms with Gasteiger partial charge >= 0.3 is 0 Å². The van der Waals surface area contributed by atoms with Crippen LogP contribution < -0.4 is 0 Å². The summed E-state index contributed by atoms with van der Waals surface area (Å²) in [5.41, 5.74) is 1.15. The molecular formula is C31H42O3. The fourth-order valence-electron chi connectivity index (χ4n) is 11.9. The lowest BCUT2D eigenvalue weighted by Gasteiger charge is -2.57. The summed E-state index contributed by atoms with van der Waals surface area (Å²) in [6.45, 7) is 4.92. The molecule has 5 saturated carbocycles. The molecule has 10 unspecified atom stereocenters. The van der Waals surface area contributed by atoms with Gasteiger partial charge in [-0.15, -0.1) is 0 Å². The van der Waals surface area contributed by atoms with Crippen molar-refractivity contribution in [3.05, 3.63) is 47.7 Å². The van der Waals surface area contributed by atoms with Crippen molar-refractivity contribution in [2.75, 3.05) is 7.11 Å². The summed E-state index contributed by atoms with van der Waals surface area (Å²) in [4.78, 5) is 0. The fraction of sp³-hybridized carbons (Fsp3) is 0.742. The van der Waals surface area contributed by atoms with E-state index >= 15 is 0 Å². The van der Waals surface area contributed by atoms with Crippen molar-refractivity contribution in [3.63, 3.8) is 0 Å². The Labute approximate surface area is 205 Å². The smallest absolute Gasteiger partial charge is 0.110 e. The molecule has 3 heteroatoms. The van der Waals surface area contributed by atoms with Crippen LogP contribution in [0.2, 0.25) is 0 Å². The third-order valence-corrected chi connectivity index (χ3v) is 13.2. The Hall–Kier alpha value is -1.32. The SMILES string of the molecule is COC1C=C(O)C2C3C4CCC5(CCC6(CCC(Cc7ccccc7)C6)C5)C3(C)C(C)(C4)C12O. The van der Waals surface area contributed by atoms with E-state index < -0.39 is 5.60 Å². The maximum Gasteiger partial charge on any atom is 0.110 e. The highest BCUT2D eigenvalue weighted by Crippen LogP contribution is 2.87.